The number of nitrogens with two attached hydrogens (primary N) is 1. The Kier molecular flexibility index (Phi) is 3.14. The molecule has 0 fully saturated rings. The van der Waals surface area contributed by atoms with Gasteiger partial charge in [-0.25, -0.2) is 0 Å². The van der Waals surface area contributed by atoms with Crippen LogP contribution in [-0.4, -0.2) is 12.2 Å². The summed E-state index contributed by atoms with van der Waals surface area (Å²) in [4.78, 5) is 0. The van der Waals surface area contributed by atoms with Gasteiger partial charge in [0, 0.05) is 18.2 Å². The molecule has 0 radical (unpaired) electrons. The van der Waals surface area contributed by atoms with Gasteiger partial charge in [0.05, 0.1) is 7.11 Å². The second-order valence-corrected chi connectivity index (χ2v) is 2.85. The molecular formula is C10H15NO2. The summed E-state index contributed by atoms with van der Waals surface area (Å²) in [7, 11) is 1.59. The first-order valence-corrected chi connectivity index (χ1v) is 4.31. The van der Waals surface area contributed by atoms with Crippen molar-refractivity contribution in [2.24, 2.45) is 5.73 Å². The number of ether oxygens (including phenoxy) is 1. The van der Waals surface area contributed by atoms with Crippen LogP contribution in [0, 0.1) is 0 Å². The maximum atomic E-state index is 9.48. The van der Waals surface area contributed by atoms with Crippen LogP contribution in [0.4, 0.5) is 0 Å². The number of benzene rings is 1. The number of aryl methyl sites for hydroxylation is 1. The standard InChI is InChI=1S/C10H15NO2/c1-3-7-4-8(6-11)9(12)5-10(7)13-2/h4-5,12H,3,6,11H2,1-2H3. The van der Waals surface area contributed by atoms with Crippen LogP contribution in [0.5, 0.6) is 11.5 Å². The molecule has 0 aliphatic carbocycles. The van der Waals surface area contributed by atoms with E-state index in [4.69, 9.17) is 10.5 Å². The van der Waals surface area contributed by atoms with E-state index in [1.807, 2.05) is 13.0 Å². The van der Waals surface area contributed by atoms with Gasteiger partial charge in [0.2, 0.25) is 0 Å². The van der Waals surface area contributed by atoms with Crippen molar-refractivity contribution in [2.75, 3.05) is 7.11 Å². The summed E-state index contributed by atoms with van der Waals surface area (Å²) in [5.41, 5.74) is 7.30. The molecule has 0 heterocycles. The Hall–Kier alpha value is -1.22. The van der Waals surface area contributed by atoms with Crippen LogP contribution in [0.25, 0.3) is 0 Å². The van der Waals surface area contributed by atoms with E-state index in [0.717, 1.165) is 23.3 Å². The fourth-order valence-corrected chi connectivity index (χ4v) is 1.29. The highest BCUT2D eigenvalue weighted by Crippen LogP contribution is 2.28. The number of hydrogen-bond donors (Lipinski definition) is 2. The van der Waals surface area contributed by atoms with Gasteiger partial charge >= 0.3 is 0 Å². The lowest BCUT2D eigenvalue weighted by molar-refractivity contribution is 0.402. The van der Waals surface area contributed by atoms with Crippen LogP contribution in [0.1, 0.15) is 18.1 Å². The molecule has 3 nitrogen and oxygen atoms in total. The van der Waals surface area contributed by atoms with Gasteiger partial charge in [-0.05, 0) is 18.1 Å². The number of phenols is 1. The van der Waals surface area contributed by atoms with Crippen LogP contribution < -0.4 is 10.5 Å². The first kappa shape index (κ1) is 9.86. The summed E-state index contributed by atoms with van der Waals surface area (Å²) >= 11 is 0. The third-order valence-electron chi connectivity index (χ3n) is 2.08. The van der Waals surface area contributed by atoms with Crippen LogP contribution in [0.15, 0.2) is 12.1 Å². The van der Waals surface area contributed by atoms with Gasteiger partial charge in [-0.2, -0.15) is 0 Å². The number of methoxy groups -OCH3 is 1. The SMILES string of the molecule is CCc1cc(CN)c(O)cc1OC. The van der Waals surface area contributed by atoms with Gasteiger partial charge in [-0.1, -0.05) is 6.92 Å². The van der Waals surface area contributed by atoms with Crippen LogP contribution in [0.3, 0.4) is 0 Å². The molecule has 0 unspecified atom stereocenters. The van der Waals surface area contributed by atoms with Gasteiger partial charge in [-0.3, -0.25) is 0 Å². The van der Waals surface area contributed by atoms with Gasteiger partial charge in [0.15, 0.2) is 0 Å². The van der Waals surface area contributed by atoms with Crippen molar-refractivity contribution >= 4 is 0 Å². The molecule has 0 amide bonds. The minimum Gasteiger partial charge on any atom is -0.507 e. The highest BCUT2D eigenvalue weighted by molar-refractivity contribution is 5.45. The zero-order chi connectivity index (χ0) is 9.84. The molecule has 72 valence electrons. The van der Waals surface area contributed by atoms with Crippen molar-refractivity contribution < 1.29 is 9.84 Å². The number of phenolic OH excluding ortho intramolecular Hbond substituents is 1. The molecule has 0 atom stereocenters. The van der Waals surface area contributed by atoms with Crippen molar-refractivity contribution in [3.8, 4) is 11.5 Å². The average Bonchev–Trinajstić information content (AvgIpc) is 2.17. The number of aromatic hydroxyl groups is 1. The van der Waals surface area contributed by atoms with Gasteiger partial charge in [0.1, 0.15) is 11.5 Å². The Bertz CT molecular complexity index is 297. The molecule has 3 N–H and O–H groups in total. The smallest absolute Gasteiger partial charge is 0.125 e. The monoisotopic (exact) mass is 181 g/mol. The van der Waals surface area contributed by atoms with Crippen LogP contribution in [-0.2, 0) is 13.0 Å². The highest BCUT2D eigenvalue weighted by atomic mass is 16.5. The van der Waals surface area contributed by atoms with Crippen molar-refractivity contribution in [1.82, 2.24) is 0 Å². The minimum absolute atomic E-state index is 0.205. The Labute approximate surface area is 78.1 Å². The van der Waals surface area contributed by atoms with E-state index in [0.29, 0.717) is 6.54 Å². The number of rotatable bonds is 3. The molecule has 0 aliphatic rings. The molecule has 1 rings (SSSR count). The lowest BCUT2D eigenvalue weighted by Gasteiger charge is -2.10. The van der Waals surface area contributed by atoms with Crippen molar-refractivity contribution in [2.45, 2.75) is 19.9 Å². The Morgan fingerprint density at radius 3 is 2.54 bits per heavy atom. The molecule has 0 bridgehead atoms. The lowest BCUT2D eigenvalue weighted by atomic mass is 10.1. The summed E-state index contributed by atoms with van der Waals surface area (Å²) < 4.78 is 5.12. The molecule has 0 aliphatic heterocycles. The molecule has 0 saturated heterocycles. The maximum absolute atomic E-state index is 9.48. The summed E-state index contributed by atoms with van der Waals surface area (Å²) in [6.07, 6.45) is 0.871. The Morgan fingerprint density at radius 1 is 1.38 bits per heavy atom. The molecule has 13 heavy (non-hydrogen) atoms. The molecule has 0 saturated carbocycles. The summed E-state index contributed by atoms with van der Waals surface area (Å²) in [5, 5.41) is 9.48. The Morgan fingerprint density at radius 2 is 2.08 bits per heavy atom. The first-order valence-electron chi connectivity index (χ1n) is 4.31. The molecule has 0 aromatic heterocycles. The summed E-state index contributed by atoms with van der Waals surface area (Å²) in [6, 6.07) is 3.50. The van der Waals surface area contributed by atoms with E-state index in [2.05, 4.69) is 0 Å². The Balaban J connectivity index is 3.18. The molecule has 1 aromatic carbocycles. The topological polar surface area (TPSA) is 55.5 Å². The normalized spacial score (nSPS) is 10.1. The lowest BCUT2D eigenvalue weighted by Crippen LogP contribution is -1.99. The third-order valence-corrected chi connectivity index (χ3v) is 2.08. The van der Waals surface area contributed by atoms with E-state index in [1.54, 1.807) is 13.2 Å². The molecule has 1 aromatic rings. The third kappa shape index (κ3) is 1.92. The van der Waals surface area contributed by atoms with Crippen LogP contribution >= 0.6 is 0 Å². The molecule has 3 heteroatoms. The van der Waals surface area contributed by atoms with Crippen molar-refractivity contribution in [1.29, 1.82) is 0 Å². The fraction of sp³-hybridized carbons (Fsp3) is 0.400. The van der Waals surface area contributed by atoms with E-state index in [9.17, 15) is 5.11 Å². The van der Waals surface area contributed by atoms with E-state index in [-0.39, 0.29) is 5.75 Å². The van der Waals surface area contributed by atoms with Gasteiger partial charge < -0.3 is 15.6 Å². The minimum atomic E-state index is 0.205. The van der Waals surface area contributed by atoms with Gasteiger partial charge in [-0.15, -0.1) is 0 Å². The van der Waals surface area contributed by atoms with E-state index in [1.165, 1.54) is 0 Å². The van der Waals surface area contributed by atoms with Crippen LogP contribution in [0.2, 0.25) is 0 Å². The van der Waals surface area contributed by atoms with Crippen molar-refractivity contribution in [3.63, 3.8) is 0 Å². The largest absolute Gasteiger partial charge is 0.507 e. The van der Waals surface area contributed by atoms with E-state index < -0.39 is 0 Å². The average molecular weight is 181 g/mol. The second-order valence-electron chi connectivity index (χ2n) is 2.85. The summed E-state index contributed by atoms with van der Waals surface area (Å²) in [5.74, 6) is 0.925. The highest BCUT2D eigenvalue weighted by Gasteiger charge is 2.06. The molecular weight excluding hydrogens is 166 g/mol. The zero-order valence-electron chi connectivity index (χ0n) is 8.00. The fourth-order valence-electron chi connectivity index (χ4n) is 1.29. The predicted molar refractivity (Wildman–Crippen MR) is 51.9 cm³/mol. The molecule has 0 spiro atoms. The van der Waals surface area contributed by atoms with Gasteiger partial charge in [0.25, 0.3) is 0 Å². The maximum Gasteiger partial charge on any atom is 0.125 e. The van der Waals surface area contributed by atoms with E-state index >= 15 is 0 Å². The summed E-state index contributed by atoms with van der Waals surface area (Å²) in [6.45, 7) is 2.39. The quantitative estimate of drug-likeness (QED) is 0.741. The number of hydrogen-bond acceptors (Lipinski definition) is 3. The zero-order valence-corrected chi connectivity index (χ0v) is 8.00. The predicted octanol–water partition coefficient (Wildman–Crippen LogP) is 1.42. The second kappa shape index (κ2) is 4.14. The first-order chi connectivity index (χ1) is 6.22. The van der Waals surface area contributed by atoms with Crippen molar-refractivity contribution in [3.05, 3.63) is 23.3 Å².